The SMILES string of the molecule is CC(C(=O)O)N(C)C(=O)C(Cc1ccccc1)NC(=O)c1ccc(Cl)cc1. The highest BCUT2D eigenvalue weighted by atomic mass is 35.5. The number of hydrogen-bond acceptors (Lipinski definition) is 3. The van der Waals surface area contributed by atoms with E-state index in [1.165, 1.54) is 14.0 Å². The molecule has 6 nitrogen and oxygen atoms in total. The molecule has 2 aromatic carbocycles. The molecule has 142 valence electrons. The normalized spacial score (nSPS) is 12.7. The standard InChI is InChI=1S/C20H21ClN2O4/c1-13(20(26)27)23(2)19(25)17(12-14-6-4-3-5-7-14)22-18(24)15-8-10-16(21)11-9-15/h3-11,13,17H,12H2,1-2H3,(H,22,24)(H,26,27). The fraction of sp³-hybridized carbons (Fsp3) is 0.250. The molecule has 2 N–H and O–H groups in total. The fourth-order valence-corrected chi connectivity index (χ4v) is 2.62. The predicted molar refractivity (Wildman–Crippen MR) is 103 cm³/mol. The number of carboxylic acid groups (broad SMARTS) is 1. The molecule has 0 aromatic heterocycles. The van der Waals surface area contributed by atoms with Crippen LogP contribution in [0.5, 0.6) is 0 Å². The Morgan fingerprint density at radius 1 is 1.07 bits per heavy atom. The van der Waals surface area contributed by atoms with Gasteiger partial charge in [-0.2, -0.15) is 0 Å². The summed E-state index contributed by atoms with van der Waals surface area (Å²) in [6.45, 7) is 1.42. The van der Waals surface area contributed by atoms with Gasteiger partial charge in [-0.05, 0) is 36.8 Å². The molecule has 2 amide bonds. The van der Waals surface area contributed by atoms with Crippen LogP contribution in [-0.4, -0.2) is 46.9 Å². The number of likely N-dealkylation sites (N-methyl/N-ethyl adjacent to an activating group) is 1. The van der Waals surface area contributed by atoms with Crippen molar-refractivity contribution in [2.75, 3.05) is 7.05 Å². The predicted octanol–water partition coefficient (Wildman–Crippen LogP) is 2.61. The Morgan fingerprint density at radius 2 is 1.67 bits per heavy atom. The Bertz CT molecular complexity index is 808. The third-order valence-corrected chi connectivity index (χ3v) is 4.53. The number of carbonyl (C=O) groups excluding carboxylic acids is 2. The first-order chi connectivity index (χ1) is 12.8. The monoisotopic (exact) mass is 388 g/mol. The average Bonchev–Trinajstić information content (AvgIpc) is 2.66. The maximum Gasteiger partial charge on any atom is 0.326 e. The van der Waals surface area contributed by atoms with E-state index in [0.717, 1.165) is 10.5 Å². The minimum atomic E-state index is -1.12. The van der Waals surface area contributed by atoms with Crippen LogP contribution in [0.2, 0.25) is 5.02 Å². The van der Waals surface area contributed by atoms with E-state index in [9.17, 15) is 14.4 Å². The first-order valence-corrected chi connectivity index (χ1v) is 8.77. The first kappa shape index (κ1) is 20.5. The molecule has 2 unspecified atom stereocenters. The zero-order valence-electron chi connectivity index (χ0n) is 15.1. The van der Waals surface area contributed by atoms with Gasteiger partial charge >= 0.3 is 5.97 Å². The summed E-state index contributed by atoms with van der Waals surface area (Å²) in [5.41, 5.74) is 1.21. The topological polar surface area (TPSA) is 86.7 Å². The lowest BCUT2D eigenvalue weighted by Gasteiger charge is -2.27. The molecular formula is C20H21ClN2O4. The summed E-state index contributed by atoms with van der Waals surface area (Å²) in [5.74, 6) is -2.03. The average molecular weight is 389 g/mol. The summed E-state index contributed by atoms with van der Waals surface area (Å²) < 4.78 is 0. The van der Waals surface area contributed by atoms with Gasteiger partial charge in [-0.25, -0.2) is 4.79 Å². The van der Waals surface area contributed by atoms with Crippen LogP contribution in [0.25, 0.3) is 0 Å². The summed E-state index contributed by atoms with van der Waals surface area (Å²) in [7, 11) is 1.41. The molecule has 0 spiro atoms. The van der Waals surface area contributed by atoms with Gasteiger partial charge in [-0.15, -0.1) is 0 Å². The van der Waals surface area contributed by atoms with Gasteiger partial charge in [-0.1, -0.05) is 41.9 Å². The van der Waals surface area contributed by atoms with E-state index in [1.807, 2.05) is 30.3 Å². The number of nitrogens with one attached hydrogen (secondary N) is 1. The second-order valence-electron chi connectivity index (χ2n) is 6.19. The molecule has 2 atom stereocenters. The van der Waals surface area contributed by atoms with Gasteiger partial charge in [0.25, 0.3) is 5.91 Å². The zero-order valence-corrected chi connectivity index (χ0v) is 15.8. The van der Waals surface area contributed by atoms with E-state index in [-0.39, 0.29) is 6.42 Å². The Kier molecular flexibility index (Phi) is 6.96. The zero-order chi connectivity index (χ0) is 20.0. The molecule has 27 heavy (non-hydrogen) atoms. The highest BCUT2D eigenvalue weighted by Crippen LogP contribution is 2.12. The molecule has 0 saturated heterocycles. The number of nitrogens with zero attached hydrogens (tertiary/aromatic N) is 1. The molecule has 7 heteroatoms. The van der Waals surface area contributed by atoms with E-state index in [4.69, 9.17) is 16.7 Å². The van der Waals surface area contributed by atoms with Gasteiger partial charge in [-0.3, -0.25) is 9.59 Å². The van der Waals surface area contributed by atoms with Crippen LogP contribution in [-0.2, 0) is 16.0 Å². The first-order valence-electron chi connectivity index (χ1n) is 8.39. The Labute approximate surface area is 162 Å². The Balaban J connectivity index is 2.23. The van der Waals surface area contributed by atoms with Crippen molar-refractivity contribution in [3.63, 3.8) is 0 Å². The highest BCUT2D eigenvalue weighted by Gasteiger charge is 2.29. The molecule has 0 fully saturated rings. The Morgan fingerprint density at radius 3 is 2.22 bits per heavy atom. The maximum absolute atomic E-state index is 12.8. The number of aliphatic carboxylic acids is 1. The number of amides is 2. The molecule has 0 aliphatic heterocycles. The van der Waals surface area contributed by atoms with Gasteiger partial charge in [0.15, 0.2) is 0 Å². The molecular weight excluding hydrogens is 368 g/mol. The van der Waals surface area contributed by atoms with E-state index in [0.29, 0.717) is 10.6 Å². The van der Waals surface area contributed by atoms with Crippen LogP contribution in [0, 0.1) is 0 Å². The van der Waals surface area contributed by atoms with Crippen LogP contribution in [0.4, 0.5) is 0 Å². The van der Waals surface area contributed by atoms with Crippen LogP contribution in [0.3, 0.4) is 0 Å². The molecule has 2 rings (SSSR count). The van der Waals surface area contributed by atoms with Gasteiger partial charge in [0.1, 0.15) is 12.1 Å². The van der Waals surface area contributed by atoms with Crippen LogP contribution in [0.1, 0.15) is 22.8 Å². The second-order valence-corrected chi connectivity index (χ2v) is 6.62. The van der Waals surface area contributed by atoms with Gasteiger partial charge < -0.3 is 15.3 Å². The highest BCUT2D eigenvalue weighted by molar-refractivity contribution is 6.30. The molecule has 0 radical (unpaired) electrons. The van der Waals surface area contributed by atoms with Crippen molar-refractivity contribution in [2.24, 2.45) is 0 Å². The number of rotatable bonds is 7. The summed E-state index contributed by atoms with van der Waals surface area (Å²) in [5, 5.41) is 12.4. The second kappa shape index (κ2) is 9.19. The van der Waals surface area contributed by atoms with Gasteiger partial charge in [0.05, 0.1) is 0 Å². The van der Waals surface area contributed by atoms with Crippen molar-refractivity contribution in [3.05, 3.63) is 70.7 Å². The lowest BCUT2D eigenvalue weighted by molar-refractivity contribution is -0.148. The summed E-state index contributed by atoms with van der Waals surface area (Å²) >= 11 is 5.84. The molecule has 0 heterocycles. The summed E-state index contributed by atoms with van der Waals surface area (Å²) in [6.07, 6.45) is 0.246. The van der Waals surface area contributed by atoms with E-state index >= 15 is 0 Å². The lowest BCUT2D eigenvalue weighted by atomic mass is 10.0. The van der Waals surface area contributed by atoms with Crippen molar-refractivity contribution in [1.82, 2.24) is 10.2 Å². The van der Waals surface area contributed by atoms with Crippen molar-refractivity contribution in [2.45, 2.75) is 25.4 Å². The quantitative estimate of drug-likeness (QED) is 0.763. The summed E-state index contributed by atoms with van der Waals surface area (Å²) in [4.78, 5) is 37.7. The van der Waals surface area contributed by atoms with Crippen LogP contribution in [0.15, 0.2) is 54.6 Å². The van der Waals surface area contributed by atoms with E-state index in [2.05, 4.69) is 5.32 Å². The number of halogens is 1. The molecule has 0 aliphatic carbocycles. The van der Waals surface area contributed by atoms with E-state index < -0.39 is 29.9 Å². The fourth-order valence-electron chi connectivity index (χ4n) is 2.50. The van der Waals surface area contributed by atoms with Crippen LogP contribution >= 0.6 is 11.6 Å². The lowest BCUT2D eigenvalue weighted by Crippen LogP contribution is -2.52. The molecule has 0 saturated carbocycles. The van der Waals surface area contributed by atoms with Gasteiger partial charge in [0, 0.05) is 24.1 Å². The van der Waals surface area contributed by atoms with E-state index in [1.54, 1.807) is 24.3 Å². The van der Waals surface area contributed by atoms with Gasteiger partial charge in [0.2, 0.25) is 5.91 Å². The van der Waals surface area contributed by atoms with Crippen molar-refractivity contribution >= 4 is 29.4 Å². The number of carbonyl (C=O) groups is 3. The minimum Gasteiger partial charge on any atom is -0.480 e. The van der Waals surface area contributed by atoms with Crippen LogP contribution < -0.4 is 5.32 Å². The van der Waals surface area contributed by atoms with Crippen molar-refractivity contribution in [1.29, 1.82) is 0 Å². The molecule has 0 bridgehead atoms. The van der Waals surface area contributed by atoms with Crippen molar-refractivity contribution < 1.29 is 19.5 Å². The third-order valence-electron chi connectivity index (χ3n) is 4.28. The third kappa shape index (κ3) is 5.56. The molecule has 0 aliphatic rings. The Hall–Kier alpha value is -2.86. The molecule has 2 aromatic rings. The largest absolute Gasteiger partial charge is 0.480 e. The smallest absolute Gasteiger partial charge is 0.326 e. The van der Waals surface area contributed by atoms with Crippen molar-refractivity contribution in [3.8, 4) is 0 Å². The minimum absolute atomic E-state index is 0.246. The number of benzene rings is 2. The summed E-state index contributed by atoms with van der Waals surface area (Å²) in [6, 6.07) is 13.6. The number of carboxylic acids is 1. The number of hydrogen-bond donors (Lipinski definition) is 2. The maximum atomic E-state index is 12.8.